The Morgan fingerprint density at radius 3 is 2.53 bits per heavy atom. The molecule has 0 aliphatic rings. The first kappa shape index (κ1) is 21.7. The second kappa shape index (κ2) is 9.02. The fourth-order valence-corrected chi connectivity index (χ4v) is 3.97. The molecule has 2 N–H and O–H groups in total. The van der Waals surface area contributed by atoms with E-state index in [1.54, 1.807) is 72.8 Å². The van der Waals surface area contributed by atoms with Crippen LogP contribution in [0.1, 0.15) is 16.1 Å². The quantitative estimate of drug-likeness (QED) is 0.301. The number of aliphatic hydroxyl groups excluding tert-OH is 1. The van der Waals surface area contributed by atoms with E-state index in [4.69, 9.17) is 20.4 Å². The molecule has 3 aromatic carbocycles. The van der Waals surface area contributed by atoms with Crippen LogP contribution in [0.4, 0.5) is 5.69 Å². The number of aliphatic hydroxyl groups is 1. The zero-order valence-corrected chi connectivity index (χ0v) is 18.5. The highest BCUT2D eigenvalue weighted by Gasteiger charge is 2.14. The average Bonchev–Trinajstić information content (AvgIpc) is 3.33. The first-order chi connectivity index (χ1) is 16.5. The molecule has 0 saturated heterocycles. The molecule has 0 unspecified atom stereocenters. The van der Waals surface area contributed by atoms with Crippen LogP contribution in [0, 0.1) is 0 Å². The molecule has 0 radical (unpaired) electrons. The predicted octanol–water partition coefficient (Wildman–Crippen LogP) is 6.12. The lowest BCUT2D eigenvalue weighted by Gasteiger charge is -2.09. The van der Waals surface area contributed by atoms with E-state index in [0.29, 0.717) is 50.1 Å². The molecule has 5 aromatic rings. The molecule has 34 heavy (non-hydrogen) atoms. The van der Waals surface area contributed by atoms with Crippen molar-refractivity contribution in [1.29, 1.82) is 0 Å². The number of hydrogen-bond acceptors (Lipinski definition) is 5. The van der Waals surface area contributed by atoms with Crippen LogP contribution in [0.15, 0.2) is 98.6 Å². The van der Waals surface area contributed by atoms with Gasteiger partial charge in [0.15, 0.2) is 0 Å². The molecule has 7 heteroatoms. The Balaban J connectivity index is 1.40. The number of hydrogen-bond donors (Lipinski definition) is 2. The highest BCUT2D eigenvalue weighted by Crippen LogP contribution is 2.32. The predicted molar refractivity (Wildman–Crippen MR) is 131 cm³/mol. The number of carbonyl (C=O) groups excluding carboxylic acids is 1. The van der Waals surface area contributed by atoms with E-state index in [1.807, 2.05) is 12.1 Å². The van der Waals surface area contributed by atoms with Gasteiger partial charge in [-0.3, -0.25) is 4.79 Å². The lowest BCUT2D eigenvalue weighted by atomic mass is 10.0. The molecule has 2 heterocycles. The Morgan fingerprint density at radius 2 is 1.74 bits per heavy atom. The van der Waals surface area contributed by atoms with Crippen LogP contribution in [0.2, 0.25) is 5.02 Å². The number of halogens is 1. The number of nitrogens with one attached hydrogen (secondary N) is 1. The van der Waals surface area contributed by atoms with Crippen molar-refractivity contribution in [1.82, 2.24) is 0 Å². The van der Waals surface area contributed by atoms with Crippen LogP contribution >= 0.6 is 11.6 Å². The molecular formula is C27H18ClNO5. The van der Waals surface area contributed by atoms with Crippen molar-refractivity contribution < 1.29 is 18.7 Å². The summed E-state index contributed by atoms with van der Waals surface area (Å²) in [5.74, 6) is 0.606. The summed E-state index contributed by atoms with van der Waals surface area (Å²) in [5.41, 5.74) is 2.52. The van der Waals surface area contributed by atoms with Crippen LogP contribution in [0.3, 0.4) is 0 Å². The Morgan fingerprint density at radius 1 is 0.882 bits per heavy atom. The molecule has 0 bridgehead atoms. The average molecular weight is 472 g/mol. The first-order valence-electron chi connectivity index (χ1n) is 10.5. The second-order valence-corrected chi connectivity index (χ2v) is 8.05. The first-order valence-corrected chi connectivity index (χ1v) is 10.8. The highest BCUT2D eigenvalue weighted by atomic mass is 35.5. The molecule has 168 valence electrons. The Kier molecular flexibility index (Phi) is 5.76. The van der Waals surface area contributed by atoms with Crippen molar-refractivity contribution in [2.24, 2.45) is 0 Å². The fourth-order valence-electron chi connectivity index (χ4n) is 3.69. The van der Waals surface area contributed by atoms with E-state index in [1.165, 1.54) is 0 Å². The van der Waals surface area contributed by atoms with Crippen molar-refractivity contribution >= 4 is 34.2 Å². The normalized spacial score (nSPS) is 11.0. The maximum Gasteiger partial charge on any atom is 0.344 e. The van der Waals surface area contributed by atoms with Crippen molar-refractivity contribution in [2.75, 3.05) is 5.32 Å². The van der Waals surface area contributed by atoms with Crippen LogP contribution in [0.5, 0.6) is 0 Å². The maximum atomic E-state index is 12.9. The number of benzene rings is 3. The summed E-state index contributed by atoms with van der Waals surface area (Å²) in [7, 11) is 0. The molecule has 0 fully saturated rings. The fraction of sp³-hybridized carbons (Fsp3) is 0.0370. The van der Waals surface area contributed by atoms with E-state index in [2.05, 4.69) is 5.32 Å². The van der Waals surface area contributed by atoms with Crippen molar-refractivity contribution in [3.63, 3.8) is 0 Å². The van der Waals surface area contributed by atoms with Gasteiger partial charge in [-0.2, -0.15) is 0 Å². The van der Waals surface area contributed by atoms with Gasteiger partial charge in [-0.05, 0) is 60.2 Å². The van der Waals surface area contributed by atoms with E-state index < -0.39 is 5.63 Å². The molecule has 0 spiro atoms. The summed E-state index contributed by atoms with van der Waals surface area (Å²) in [6, 6.07) is 24.3. The van der Waals surface area contributed by atoms with Crippen molar-refractivity contribution in [3.8, 4) is 22.5 Å². The molecule has 5 rings (SSSR count). The number of fused-ring (bicyclic) bond motifs is 1. The van der Waals surface area contributed by atoms with Crippen LogP contribution in [0.25, 0.3) is 33.4 Å². The van der Waals surface area contributed by atoms with Gasteiger partial charge < -0.3 is 19.3 Å². The maximum absolute atomic E-state index is 12.9. The van der Waals surface area contributed by atoms with Gasteiger partial charge in [0, 0.05) is 22.2 Å². The number of rotatable bonds is 5. The van der Waals surface area contributed by atoms with E-state index >= 15 is 0 Å². The third kappa shape index (κ3) is 4.24. The lowest BCUT2D eigenvalue weighted by Crippen LogP contribution is -2.12. The molecule has 1 amide bonds. The third-order valence-corrected chi connectivity index (χ3v) is 5.70. The van der Waals surface area contributed by atoms with Gasteiger partial charge >= 0.3 is 5.63 Å². The lowest BCUT2D eigenvalue weighted by molar-refractivity contribution is 0.102. The van der Waals surface area contributed by atoms with Crippen LogP contribution in [-0.2, 0) is 6.61 Å². The number of amides is 1. The van der Waals surface area contributed by atoms with Gasteiger partial charge in [-0.25, -0.2) is 4.79 Å². The van der Waals surface area contributed by atoms with Gasteiger partial charge in [0.25, 0.3) is 5.91 Å². The number of carbonyl (C=O) groups is 1. The zero-order valence-electron chi connectivity index (χ0n) is 17.7. The van der Waals surface area contributed by atoms with Crippen molar-refractivity contribution in [2.45, 2.75) is 6.61 Å². The summed E-state index contributed by atoms with van der Waals surface area (Å²) >= 11 is 6.40. The minimum Gasteiger partial charge on any atom is -0.459 e. The van der Waals surface area contributed by atoms with E-state index in [-0.39, 0.29) is 12.5 Å². The Hall–Kier alpha value is -4.13. The Bertz CT molecular complexity index is 1580. The van der Waals surface area contributed by atoms with Gasteiger partial charge in [-0.1, -0.05) is 41.9 Å². The van der Waals surface area contributed by atoms with Gasteiger partial charge in [0.1, 0.15) is 23.7 Å². The smallest absolute Gasteiger partial charge is 0.344 e. The van der Waals surface area contributed by atoms with Crippen LogP contribution in [-0.4, -0.2) is 11.0 Å². The molecule has 0 saturated carbocycles. The minimum absolute atomic E-state index is 0.202. The van der Waals surface area contributed by atoms with E-state index in [0.717, 1.165) is 5.39 Å². The number of anilines is 1. The highest BCUT2D eigenvalue weighted by molar-refractivity contribution is 6.33. The molecular weight excluding hydrogens is 454 g/mol. The van der Waals surface area contributed by atoms with Gasteiger partial charge in [0.2, 0.25) is 0 Å². The standard InChI is InChI=1S/C27H18ClNO5/c28-23-14-19(8-10-21(23)25-11-9-20(15-30)33-25)29-26(31)18-6-3-5-16(12-18)22-13-17-4-1-2-7-24(17)34-27(22)32/h1-14,30H,15H2,(H,29,31). The minimum atomic E-state index is -0.471. The summed E-state index contributed by atoms with van der Waals surface area (Å²) in [6.45, 7) is -0.202. The largest absolute Gasteiger partial charge is 0.459 e. The zero-order chi connectivity index (χ0) is 23.7. The van der Waals surface area contributed by atoms with Gasteiger partial charge in [-0.15, -0.1) is 0 Å². The number of para-hydroxylation sites is 1. The molecule has 6 nitrogen and oxygen atoms in total. The monoisotopic (exact) mass is 471 g/mol. The SMILES string of the molecule is O=C(Nc1ccc(-c2ccc(CO)o2)c(Cl)c1)c1cccc(-c2cc3ccccc3oc2=O)c1. The second-order valence-electron chi connectivity index (χ2n) is 7.64. The molecule has 0 atom stereocenters. The Labute approximate surface area is 199 Å². The summed E-state index contributed by atoms with van der Waals surface area (Å²) < 4.78 is 10.9. The topological polar surface area (TPSA) is 92.7 Å². The third-order valence-electron chi connectivity index (χ3n) is 5.39. The summed E-state index contributed by atoms with van der Waals surface area (Å²) in [5, 5.41) is 13.2. The molecule has 0 aliphatic heterocycles. The van der Waals surface area contributed by atoms with Gasteiger partial charge in [0.05, 0.1) is 10.6 Å². The van der Waals surface area contributed by atoms with Crippen molar-refractivity contribution in [3.05, 3.63) is 112 Å². The molecule has 2 aromatic heterocycles. The summed E-state index contributed by atoms with van der Waals surface area (Å²) in [4.78, 5) is 25.4. The molecule has 0 aliphatic carbocycles. The van der Waals surface area contributed by atoms with E-state index in [9.17, 15) is 14.7 Å². The number of furan rings is 1. The summed E-state index contributed by atoms with van der Waals surface area (Å²) in [6.07, 6.45) is 0. The van der Waals surface area contributed by atoms with Crippen LogP contribution < -0.4 is 10.9 Å².